The average molecular weight is 436 g/mol. The van der Waals surface area contributed by atoms with E-state index in [1.165, 1.54) is 0 Å². The normalized spacial score (nSPS) is 22.8. The molecule has 1 unspecified atom stereocenters. The maximum Gasteiger partial charge on any atom is 0.343 e. The number of rotatable bonds is 2. The summed E-state index contributed by atoms with van der Waals surface area (Å²) in [6, 6.07) is 7.24. The number of hydrogen-bond donors (Lipinski definition) is 2. The van der Waals surface area contributed by atoms with E-state index < -0.39 is 17.7 Å². The Morgan fingerprint density at radius 1 is 1.19 bits per heavy atom. The molecule has 9 nitrogen and oxygen atoms in total. The first-order valence-electron chi connectivity index (χ1n) is 10.5. The molecule has 1 aromatic carbocycles. The Kier molecular flexibility index (Phi) is 3.94. The Hall–Kier alpha value is -3.43. The van der Waals surface area contributed by atoms with Gasteiger partial charge in [-0.05, 0) is 24.6 Å². The Morgan fingerprint density at radius 3 is 2.81 bits per heavy atom. The summed E-state index contributed by atoms with van der Waals surface area (Å²) in [5, 5.41) is 21.2. The number of fused-ring (bicyclic) bond motifs is 6. The Morgan fingerprint density at radius 2 is 2.03 bits per heavy atom. The standard InChI is InChI=1S/C23H20N2O7/c1-2-23(29)15-5-17-20-12(7-25(17)21(27)14(15)10-31-22(23)28)3-11-4-18-19(6-16(11)24-20)32-13(8-26)9-30-18/h3-6,13,26,29H,2,7-10H2,1H3/t13?,23-/m0/s1. The van der Waals surface area contributed by atoms with E-state index in [0.717, 1.165) is 10.9 Å². The Labute approximate surface area is 181 Å². The molecule has 0 saturated heterocycles. The highest BCUT2D eigenvalue weighted by molar-refractivity contribution is 5.88. The lowest BCUT2D eigenvalue weighted by atomic mass is 9.86. The lowest BCUT2D eigenvalue weighted by Gasteiger charge is -2.31. The van der Waals surface area contributed by atoms with Crippen LogP contribution in [0.3, 0.4) is 0 Å². The molecule has 0 fully saturated rings. The van der Waals surface area contributed by atoms with Gasteiger partial charge in [0.2, 0.25) is 0 Å². The molecule has 3 aromatic rings. The van der Waals surface area contributed by atoms with Crippen LogP contribution in [0.15, 0.2) is 29.1 Å². The fourth-order valence-electron chi connectivity index (χ4n) is 4.68. The average Bonchev–Trinajstić information content (AvgIpc) is 3.16. The van der Waals surface area contributed by atoms with E-state index in [9.17, 15) is 19.8 Å². The number of benzene rings is 1. The second kappa shape index (κ2) is 6.54. The topological polar surface area (TPSA) is 120 Å². The largest absolute Gasteiger partial charge is 0.486 e. The fraction of sp³-hybridized carbons (Fsp3) is 0.348. The zero-order valence-electron chi connectivity index (χ0n) is 17.3. The number of pyridine rings is 2. The first-order chi connectivity index (χ1) is 15.4. The molecule has 3 aliphatic rings. The first-order valence-corrected chi connectivity index (χ1v) is 10.5. The first kappa shape index (κ1) is 19.3. The van der Waals surface area contributed by atoms with Crippen molar-refractivity contribution in [2.75, 3.05) is 13.2 Å². The summed E-state index contributed by atoms with van der Waals surface area (Å²) < 4.78 is 18.2. The number of cyclic esters (lactones) is 1. The number of carbonyl (C=O) groups is 1. The van der Waals surface area contributed by atoms with Crippen LogP contribution in [0.1, 0.15) is 30.0 Å². The quantitative estimate of drug-likeness (QED) is 0.450. The number of nitrogens with zero attached hydrogens (tertiary/aromatic N) is 2. The van der Waals surface area contributed by atoms with Crippen LogP contribution < -0.4 is 15.0 Å². The predicted octanol–water partition coefficient (Wildman–Crippen LogP) is 1.21. The summed E-state index contributed by atoms with van der Waals surface area (Å²) in [5.41, 5.74) is 1.10. The van der Waals surface area contributed by atoms with E-state index in [1.54, 1.807) is 23.6 Å². The van der Waals surface area contributed by atoms with Crippen LogP contribution in [0.25, 0.3) is 22.3 Å². The highest BCUT2D eigenvalue weighted by atomic mass is 16.6. The smallest absolute Gasteiger partial charge is 0.343 e. The third kappa shape index (κ3) is 2.49. The van der Waals surface area contributed by atoms with E-state index in [4.69, 9.17) is 19.2 Å². The highest BCUT2D eigenvalue weighted by Crippen LogP contribution is 2.41. The van der Waals surface area contributed by atoms with Gasteiger partial charge in [0.05, 0.1) is 35.6 Å². The minimum Gasteiger partial charge on any atom is -0.486 e. The summed E-state index contributed by atoms with van der Waals surface area (Å²) >= 11 is 0. The minimum absolute atomic E-state index is 0.0925. The zero-order valence-corrected chi connectivity index (χ0v) is 17.3. The van der Waals surface area contributed by atoms with Crippen LogP contribution in [0, 0.1) is 0 Å². The molecule has 0 amide bonds. The van der Waals surface area contributed by atoms with Gasteiger partial charge in [-0.3, -0.25) is 4.79 Å². The third-order valence-electron chi connectivity index (χ3n) is 6.50. The van der Waals surface area contributed by atoms with Crippen LogP contribution in [0.4, 0.5) is 0 Å². The van der Waals surface area contributed by atoms with Gasteiger partial charge in [-0.2, -0.15) is 0 Å². The lowest BCUT2D eigenvalue weighted by Crippen LogP contribution is -2.44. The molecule has 2 N–H and O–H groups in total. The number of esters is 1. The molecule has 6 rings (SSSR count). The van der Waals surface area contributed by atoms with Crippen LogP contribution in [-0.2, 0) is 28.3 Å². The van der Waals surface area contributed by atoms with Gasteiger partial charge in [0.15, 0.2) is 23.2 Å². The number of ether oxygens (including phenoxy) is 3. The molecular formula is C23H20N2O7. The van der Waals surface area contributed by atoms with Crippen LogP contribution in [-0.4, -0.2) is 45.1 Å². The maximum atomic E-state index is 13.2. The molecule has 5 heterocycles. The number of aromatic nitrogens is 2. The zero-order chi connectivity index (χ0) is 22.2. The fourth-order valence-corrected chi connectivity index (χ4v) is 4.68. The second-order valence-electron chi connectivity index (χ2n) is 8.32. The molecule has 2 aromatic heterocycles. The van der Waals surface area contributed by atoms with Crippen molar-refractivity contribution in [3.63, 3.8) is 0 Å². The molecule has 0 bridgehead atoms. The monoisotopic (exact) mass is 436 g/mol. The van der Waals surface area contributed by atoms with Crippen LogP contribution in [0.5, 0.6) is 11.5 Å². The summed E-state index contributed by atoms with van der Waals surface area (Å²) in [7, 11) is 0. The van der Waals surface area contributed by atoms with Crippen molar-refractivity contribution in [3.05, 3.63) is 51.3 Å². The van der Waals surface area contributed by atoms with E-state index >= 15 is 0 Å². The van der Waals surface area contributed by atoms with Crippen molar-refractivity contribution >= 4 is 16.9 Å². The molecule has 9 heteroatoms. The van der Waals surface area contributed by atoms with E-state index in [0.29, 0.717) is 40.5 Å². The summed E-state index contributed by atoms with van der Waals surface area (Å²) in [6.07, 6.45) is -0.346. The minimum atomic E-state index is -1.86. The van der Waals surface area contributed by atoms with Crippen molar-refractivity contribution in [1.82, 2.24) is 9.55 Å². The Balaban J connectivity index is 1.54. The number of carbonyl (C=O) groups excluding carboxylic acids is 1. The molecule has 3 aliphatic heterocycles. The number of aliphatic hydroxyl groups is 2. The van der Waals surface area contributed by atoms with Gasteiger partial charge < -0.3 is 29.0 Å². The molecule has 2 atom stereocenters. The van der Waals surface area contributed by atoms with Gasteiger partial charge in [0.1, 0.15) is 13.2 Å². The van der Waals surface area contributed by atoms with Gasteiger partial charge >= 0.3 is 5.97 Å². The van der Waals surface area contributed by atoms with Gasteiger partial charge in [0, 0.05) is 22.6 Å². The van der Waals surface area contributed by atoms with Crippen molar-refractivity contribution in [3.8, 4) is 22.9 Å². The number of aliphatic hydroxyl groups excluding tert-OH is 1. The molecule has 164 valence electrons. The predicted molar refractivity (Wildman–Crippen MR) is 112 cm³/mol. The number of hydrogen-bond acceptors (Lipinski definition) is 8. The Bertz CT molecular complexity index is 1380. The molecule has 0 radical (unpaired) electrons. The summed E-state index contributed by atoms with van der Waals surface area (Å²) in [4.78, 5) is 30.3. The molecule has 32 heavy (non-hydrogen) atoms. The van der Waals surface area contributed by atoms with Crippen molar-refractivity contribution < 1.29 is 29.2 Å². The lowest BCUT2D eigenvalue weighted by molar-refractivity contribution is -0.172. The maximum absolute atomic E-state index is 13.2. The summed E-state index contributed by atoms with van der Waals surface area (Å²) in [6.45, 7) is 1.96. The van der Waals surface area contributed by atoms with E-state index in [-0.39, 0.29) is 37.4 Å². The van der Waals surface area contributed by atoms with Gasteiger partial charge in [-0.1, -0.05) is 6.92 Å². The van der Waals surface area contributed by atoms with E-state index in [1.807, 2.05) is 12.1 Å². The van der Waals surface area contributed by atoms with Gasteiger partial charge in [0.25, 0.3) is 5.56 Å². The van der Waals surface area contributed by atoms with Gasteiger partial charge in [-0.15, -0.1) is 0 Å². The van der Waals surface area contributed by atoms with Crippen molar-refractivity contribution in [2.45, 2.75) is 38.2 Å². The van der Waals surface area contributed by atoms with Crippen molar-refractivity contribution in [1.29, 1.82) is 0 Å². The third-order valence-corrected chi connectivity index (χ3v) is 6.50. The van der Waals surface area contributed by atoms with Gasteiger partial charge in [-0.25, -0.2) is 9.78 Å². The second-order valence-corrected chi connectivity index (χ2v) is 8.32. The molecule has 0 saturated carbocycles. The van der Waals surface area contributed by atoms with Crippen LogP contribution in [0.2, 0.25) is 0 Å². The van der Waals surface area contributed by atoms with E-state index in [2.05, 4.69) is 0 Å². The highest BCUT2D eigenvalue weighted by Gasteiger charge is 2.45. The molecule has 0 spiro atoms. The molecular weight excluding hydrogens is 416 g/mol. The summed E-state index contributed by atoms with van der Waals surface area (Å²) in [5.74, 6) is 0.332. The van der Waals surface area contributed by atoms with Crippen molar-refractivity contribution in [2.24, 2.45) is 0 Å². The molecule has 0 aliphatic carbocycles. The van der Waals surface area contributed by atoms with Crippen LogP contribution >= 0.6 is 0 Å². The SMILES string of the molecule is CC[C@@]1(O)C(=O)OCc2c1cc1n(c2=O)Cc2cc3cc4c(cc3nc2-1)OC(CO)CO4.